The van der Waals surface area contributed by atoms with Gasteiger partial charge in [0.1, 0.15) is 0 Å². The van der Waals surface area contributed by atoms with Crippen LogP contribution in [0.4, 0.5) is 0 Å². The maximum Gasteiger partial charge on any atom is 0.348 e. The second-order valence-corrected chi connectivity index (χ2v) is 5.31. The Hall–Kier alpha value is -1.69. The number of aromatic nitrogens is 2. The molecule has 0 aliphatic rings. The number of methoxy groups -OCH3 is 1. The standard InChI is InChI=1S/C15H24N2O4/c1-6-7-12(8-21-5)17-11(4)13(9(2)14(18)19)10(3)16-15(17)20/h9,12H,6-8H2,1-5H3,(H,18,19). The third-order valence-corrected chi connectivity index (χ3v) is 3.76. The molecule has 21 heavy (non-hydrogen) atoms. The predicted molar refractivity (Wildman–Crippen MR) is 79.8 cm³/mol. The lowest BCUT2D eigenvalue weighted by Crippen LogP contribution is -2.34. The summed E-state index contributed by atoms with van der Waals surface area (Å²) in [6, 6.07) is -0.125. The fourth-order valence-electron chi connectivity index (χ4n) is 2.79. The Bertz CT molecular complexity index is 560. The summed E-state index contributed by atoms with van der Waals surface area (Å²) in [4.78, 5) is 27.5. The minimum atomic E-state index is -0.924. The predicted octanol–water partition coefficient (Wildman–Crippen LogP) is 2.04. The van der Waals surface area contributed by atoms with Crippen molar-refractivity contribution in [2.45, 2.75) is 52.5 Å². The molecule has 1 rings (SSSR count). The first-order chi connectivity index (χ1) is 9.84. The van der Waals surface area contributed by atoms with Gasteiger partial charge in [0.05, 0.1) is 18.6 Å². The molecule has 2 atom stereocenters. The highest BCUT2D eigenvalue weighted by molar-refractivity contribution is 5.76. The van der Waals surface area contributed by atoms with E-state index in [2.05, 4.69) is 4.98 Å². The Labute approximate surface area is 124 Å². The second kappa shape index (κ2) is 7.36. The Morgan fingerprint density at radius 2 is 2.05 bits per heavy atom. The summed E-state index contributed by atoms with van der Waals surface area (Å²) >= 11 is 0. The van der Waals surface area contributed by atoms with Gasteiger partial charge in [-0.05, 0) is 27.2 Å². The number of aryl methyl sites for hydroxylation is 1. The summed E-state index contributed by atoms with van der Waals surface area (Å²) in [5.74, 6) is -1.62. The van der Waals surface area contributed by atoms with Gasteiger partial charge in [-0.25, -0.2) is 4.79 Å². The number of hydrogen-bond acceptors (Lipinski definition) is 4. The number of rotatable bonds is 7. The highest BCUT2D eigenvalue weighted by atomic mass is 16.5. The molecule has 1 aromatic rings. The van der Waals surface area contributed by atoms with Crippen LogP contribution >= 0.6 is 0 Å². The van der Waals surface area contributed by atoms with Crippen molar-refractivity contribution in [3.05, 3.63) is 27.4 Å². The van der Waals surface area contributed by atoms with E-state index < -0.39 is 11.9 Å². The summed E-state index contributed by atoms with van der Waals surface area (Å²) in [6.07, 6.45) is 1.68. The van der Waals surface area contributed by atoms with Crippen LogP contribution in [-0.4, -0.2) is 34.3 Å². The third kappa shape index (κ3) is 3.69. The zero-order valence-corrected chi connectivity index (χ0v) is 13.3. The molecule has 1 aromatic heterocycles. The van der Waals surface area contributed by atoms with Crippen molar-refractivity contribution in [3.8, 4) is 0 Å². The van der Waals surface area contributed by atoms with Crippen molar-refractivity contribution < 1.29 is 14.6 Å². The highest BCUT2D eigenvalue weighted by Gasteiger charge is 2.24. The highest BCUT2D eigenvalue weighted by Crippen LogP contribution is 2.24. The van der Waals surface area contributed by atoms with E-state index in [0.29, 0.717) is 23.6 Å². The number of hydrogen-bond donors (Lipinski definition) is 1. The molecular weight excluding hydrogens is 272 g/mol. The van der Waals surface area contributed by atoms with E-state index >= 15 is 0 Å². The molecule has 0 saturated heterocycles. The van der Waals surface area contributed by atoms with Crippen molar-refractivity contribution in [1.82, 2.24) is 9.55 Å². The van der Waals surface area contributed by atoms with Crippen LogP contribution in [0, 0.1) is 13.8 Å². The SMILES string of the molecule is CCCC(COC)n1c(C)c(C(C)C(=O)O)c(C)nc1=O. The Balaban J connectivity index is 3.48. The topological polar surface area (TPSA) is 81.4 Å². The van der Waals surface area contributed by atoms with Crippen LogP contribution in [-0.2, 0) is 9.53 Å². The molecule has 118 valence electrons. The molecule has 2 unspecified atom stereocenters. The van der Waals surface area contributed by atoms with E-state index in [0.717, 1.165) is 12.8 Å². The van der Waals surface area contributed by atoms with Gasteiger partial charge in [-0.3, -0.25) is 9.36 Å². The average molecular weight is 296 g/mol. The molecule has 6 nitrogen and oxygen atoms in total. The van der Waals surface area contributed by atoms with E-state index in [1.165, 1.54) is 0 Å². The minimum absolute atomic E-state index is 0.125. The van der Waals surface area contributed by atoms with Crippen LogP contribution in [0.3, 0.4) is 0 Å². The lowest BCUT2D eigenvalue weighted by atomic mass is 9.97. The third-order valence-electron chi connectivity index (χ3n) is 3.76. The average Bonchev–Trinajstić information content (AvgIpc) is 2.38. The normalized spacial score (nSPS) is 14.0. The lowest BCUT2D eigenvalue weighted by molar-refractivity contribution is -0.138. The van der Waals surface area contributed by atoms with Gasteiger partial charge in [0.25, 0.3) is 0 Å². The zero-order valence-electron chi connectivity index (χ0n) is 13.3. The zero-order chi connectivity index (χ0) is 16.2. The minimum Gasteiger partial charge on any atom is -0.481 e. The van der Waals surface area contributed by atoms with Crippen LogP contribution < -0.4 is 5.69 Å². The molecule has 0 fully saturated rings. The van der Waals surface area contributed by atoms with Crippen molar-refractivity contribution in [2.75, 3.05) is 13.7 Å². The Morgan fingerprint density at radius 3 is 2.52 bits per heavy atom. The van der Waals surface area contributed by atoms with Gasteiger partial charge in [-0.15, -0.1) is 0 Å². The lowest BCUT2D eigenvalue weighted by Gasteiger charge is -2.24. The largest absolute Gasteiger partial charge is 0.481 e. The first kappa shape index (κ1) is 17.4. The van der Waals surface area contributed by atoms with Gasteiger partial charge in [0.15, 0.2) is 0 Å². The van der Waals surface area contributed by atoms with Crippen molar-refractivity contribution in [1.29, 1.82) is 0 Å². The molecular formula is C15H24N2O4. The molecule has 0 aliphatic heterocycles. The van der Waals surface area contributed by atoms with E-state index in [9.17, 15) is 14.7 Å². The van der Waals surface area contributed by atoms with E-state index in [-0.39, 0.29) is 11.7 Å². The number of ether oxygens (including phenoxy) is 1. The van der Waals surface area contributed by atoms with E-state index in [1.54, 1.807) is 32.4 Å². The van der Waals surface area contributed by atoms with Gasteiger partial charge in [0, 0.05) is 24.1 Å². The maximum absolute atomic E-state index is 12.2. The van der Waals surface area contributed by atoms with Crippen LogP contribution in [0.2, 0.25) is 0 Å². The van der Waals surface area contributed by atoms with Gasteiger partial charge >= 0.3 is 11.7 Å². The first-order valence-corrected chi connectivity index (χ1v) is 7.16. The maximum atomic E-state index is 12.2. The summed E-state index contributed by atoms with van der Waals surface area (Å²) < 4.78 is 6.77. The van der Waals surface area contributed by atoms with Crippen LogP contribution in [0.15, 0.2) is 4.79 Å². The van der Waals surface area contributed by atoms with Gasteiger partial charge in [-0.2, -0.15) is 4.98 Å². The van der Waals surface area contributed by atoms with E-state index in [1.807, 2.05) is 6.92 Å². The molecule has 0 spiro atoms. The van der Waals surface area contributed by atoms with Crippen molar-refractivity contribution >= 4 is 5.97 Å². The second-order valence-electron chi connectivity index (χ2n) is 5.31. The number of carbonyl (C=O) groups is 1. The molecule has 6 heteroatoms. The molecule has 0 bridgehead atoms. The van der Waals surface area contributed by atoms with Crippen LogP contribution in [0.1, 0.15) is 55.6 Å². The molecule has 0 radical (unpaired) electrons. The molecule has 0 aromatic carbocycles. The quantitative estimate of drug-likeness (QED) is 0.832. The summed E-state index contributed by atoms with van der Waals surface area (Å²) in [5.41, 5.74) is 1.41. The Morgan fingerprint density at radius 1 is 1.43 bits per heavy atom. The Kier molecular flexibility index (Phi) is 6.08. The van der Waals surface area contributed by atoms with Crippen LogP contribution in [0.5, 0.6) is 0 Å². The first-order valence-electron chi connectivity index (χ1n) is 7.16. The van der Waals surface area contributed by atoms with Crippen LogP contribution in [0.25, 0.3) is 0 Å². The summed E-state index contributed by atoms with van der Waals surface area (Å²) in [6.45, 7) is 7.51. The van der Waals surface area contributed by atoms with E-state index in [4.69, 9.17) is 4.74 Å². The molecule has 0 aliphatic carbocycles. The number of nitrogens with zero attached hydrogens (tertiary/aromatic N) is 2. The van der Waals surface area contributed by atoms with Gasteiger partial charge in [0.2, 0.25) is 0 Å². The molecule has 0 saturated carbocycles. The molecule has 1 heterocycles. The fourth-order valence-corrected chi connectivity index (χ4v) is 2.79. The van der Waals surface area contributed by atoms with Gasteiger partial charge in [-0.1, -0.05) is 13.3 Å². The number of carboxylic acids is 1. The fraction of sp³-hybridized carbons (Fsp3) is 0.667. The van der Waals surface area contributed by atoms with Crippen molar-refractivity contribution in [3.63, 3.8) is 0 Å². The smallest absolute Gasteiger partial charge is 0.348 e. The molecule has 0 amide bonds. The monoisotopic (exact) mass is 296 g/mol. The summed E-state index contributed by atoms with van der Waals surface area (Å²) in [7, 11) is 1.59. The van der Waals surface area contributed by atoms with Crippen molar-refractivity contribution in [2.24, 2.45) is 0 Å². The molecule has 1 N–H and O–H groups in total. The summed E-state index contributed by atoms with van der Waals surface area (Å²) in [5, 5.41) is 9.25. The number of carboxylic acid groups (broad SMARTS) is 1. The van der Waals surface area contributed by atoms with Gasteiger partial charge < -0.3 is 9.84 Å². The number of aliphatic carboxylic acids is 1.